The van der Waals surface area contributed by atoms with Gasteiger partial charge in [0.1, 0.15) is 5.54 Å². The van der Waals surface area contributed by atoms with Crippen molar-refractivity contribution in [3.8, 4) is 0 Å². The van der Waals surface area contributed by atoms with Crippen molar-refractivity contribution in [2.45, 2.75) is 50.6 Å². The Labute approximate surface area is 113 Å². The number of aliphatic carboxylic acids is 1. The van der Waals surface area contributed by atoms with Gasteiger partial charge >= 0.3 is 12.0 Å². The first-order valence-corrected chi connectivity index (χ1v) is 7.07. The number of urea groups is 1. The summed E-state index contributed by atoms with van der Waals surface area (Å²) in [6.07, 6.45) is 3.37. The van der Waals surface area contributed by atoms with Crippen LogP contribution in [0, 0.1) is 0 Å². The number of hydrogen-bond acceptors (Lipinski definition) is 3. The van der Waals surface area contributed by atoms with Crippen LogP contribution in [0.1, 0.15) is 39.0 Å². The second kappa shape index (κ2) is 5.36. The zero-order valence-corrected chi connectivity index (χ0v) is 11.5. The smallest absolute Gasteiger partial charge is 0.329 e. The van der Waals surface area contributed by atoms with Crippen LogP contribution in [0.4, 0.5) is 4.79 Å². The molecule has 2 aliphatic heterocycles. The van der Waals surface area contributed by atoms with E-state index in [1.54, 1.807) is 9.80 Å². The van der Waals surface area contributed by atoms with Crippen molar-refractivity contribution in [2.24, 2.45) is 5.73 Å². The minimum atomic E-state index is -1.00. The Morgan fingerprint density at radius 2 is 1.95 bits per heavy atom. The minimum absolute atomic E-state index is 0.131. The number of carboxylic acid groups (broad SMARTS) is 1. The van der Waals surface area contributed by atoms with Crippen LogP contribution in [0.5, 0.6) is 0 Å². The molecule has 0 bridgehead atoms. The molecule has 19 heavy (non-hydrogen) atoms. The molecular formula is C13H23N3O3. The van der Waals surface area contributed by atoms with Gasteiger partial charge in [-0.3, -0.25) is 0 Å². The van der Waals surface area contributed by atoms with Crippen molar-refractivity contribution in [1.29, 1.82) is 0 Å². The molecule has 2 saturated heterocycles. The van der Waals surface area contributed by atoms with E-state index in [1.807, 2.05) is 6.92 Å². The second-order valence-electron chi connectivity index (χ2n) is 5.55. The van der Waals surface area contributed by atoms with Gasteiger partial charge in [-0.15, -0.1) is 0 Å². The highest BCUT2D eigenvalue weighted by molar-refractivity contribution is 5.87. The molecule has 1 atom stereocenters. The van der Waals surface area contributed by atoms with Crippen molar-refractivity contribution < 1.29 is 14.7 Å². The molecule has 2 rings (SSSR count). The Bertz CT molecular complexity index is 366. The zero-order chi connectivity index (χ0) is 14.0. The molecule has 2 heterocycles. The number of carboxylic acids is 1. The lowest BCUT2D eigenvalue weighted by atomic mass is 9.93. The number of piperidine rings is 1. The van der Waals surface area contributed by atoms with Crippen molar-refractivity contribution in [1.82, 2.24) is 9.80 Å². The number of hydrogen-bond donors (Lipinski definition) is 2. The summed E-state index contributed by atoms with van der Waals surface area (Å²) in [7, 11) is 0. The van der Waals surface area contributed by atoms with Crippen LogP contribution in [-0.4, -0.2) is 58.1 Å². The van der Waals surface area contributed by atoms with E-state index in [2.05, 4.69) is 0 Å². The average Bonchev–Trinajstić information content (AvgIpc) is 2.83. The number of carbonyl (C=O) groups is 2. The van der Waals surface area contributed by atoms with Crippen molar-refractivity contribution in [3.05, 3.63) is 0 Å². The summed E-state index contributed by atoms with van der Waals surface area (Å²) in [5.41, 5.74) is 4.83. The second-order valence-corrected chi connectivity index (χ2v) is 5.55. The van der Waals surface area contributed by atoms with Gasteiger partial charge in [-0.2, -0.15) is 0 Å². The monoisotopic (exact) mass is 269 g/mol. The quantitative estimate of drug-likeness (QED) is 0.778. The molecule has 6 heteroatoms. The molecule has 0 aliphatic carbocycles. The number of nitrogens with zero attached hydrogens (tertiary/aromatic N) is 2. The fourth-order valence-electron chi connectivity index (χ4n) is 3.16. The number of rotatable bonds is 2. The summed E-state index contributed by atoms with van der Waals surface area (Å²) < 4.78 is 0. The van der Waals surface area contributed by atoms with Crippen LogP contribution >= 0.6 is 0 Å². The number of amides is 2. The fourth-order valence-corrected chi connectivity index (χ4v) is 3.16. The molecule has 0 aromatic rings. The van der Waals surface area contributed by atoms with Gasteiger partial charge in [-0.25, -0.2) is 9.59 Å². The zero-order valence-electron chi connectivity index (χ0n) is 11.5. The maximum atomic E-state index is 12.5. The molecule has 2 fully saturated rings. The Morgan fingerprint density at radius 3 is 2.47 bits per heavy atom. The van der Waals surface area contributed by atoms with E-state index in [4.69, 9.17) is 5.73 Å². The normalized spacial score (nSPS) is 28.7. The van der Waals surface area contributed by atoms with Crippen LogP contribution < -0.4 is 5.73 Å². The Hall–Kier alpha value is -1.30. The average molecular weight is 269 g/mol. The van der Waals surface area contributed by atoms with Crippen molar-refractivity contribution in [3.63, 3.8) is 0 Å². The summed E-state index contributed by atoms with van der Waals surface area (Å²) in [5, 5.41) is 9.49. The Morgan fingerprint density at radius 1 is 1.32 bits per heavy atom. The van der Waals surface area contributed by atoms with Crippen LogP contribution in [0.3, 0.4) is 0 Å². The maximum Gasteiger partial charge on any atom is 0.329 e. The largest absolute Gasteiger partial charge is 0.479 e. The predicted octanol–water partition coefficient (Wildman–Crippen LogP) is 0.859. The number of likely N-dealkylation sites (tertiary alicyclic amines) is 2. The summed E-state index contributed by atoms with van der Waals surface area (Å²) in [5.74, 6) is -0.880. The molecule has 6 nitrogen and oxygen atoms in total. The first-order chi connectivity index (χ1) is 9.01. The molecule has 2 aliphatic rings. The minimum Gasteiger partial charge on any atom is -0.479 e. The lowest BCUT2D eigenvalue weighted by Gasteiger charge is -2.39. The third kappa shape index (κ3) is 2.41. The number of nitrogens with two attached hydrogens (primary N) is 1. The highest BCUT2D eigenvalue weighted by Crippen LogP contribution is 2.34. The van der Waals surface area contributed by atoms with E-state index < -0.39 is 11.5 Å². The fraction of sp³-hybridized carbons (Fsp3) is 0.846. The van der Waals surface area contributed by atoms with E-state index in [0.717, 1.165) is 19.3 Å². The molecule has 0 saturated carbocycles. The molecule has 1 unspecified atom stereocenters. The summed E-state index contributed by atoms with van der Waals surface area (Å²) in [6, 6.07) is 0.0340. The van der Waals surface area contributed by atoms with Gasteiger partial charge in [0.2, 0.25) is 0 Å². The summed E-state index contributed by atoms with van der Waals surface area (Å²) in [6.45, 7) is 3.65. The molecule has 0 radical (unpaired) electrons. The van der Waals surface area contributed by atoms with Gasteiger partial charge in [0.15, 0.2) is 0 Å². The van der Waals surface area contributed by atoms with E-state index in [0.29, 0.717) is 32.5 Å². The molecule has 3 N–H and O–H groups in total. The summed E-state index contributed by atoms with van der Waals surface area (Å²) in [4.78, 5) is 27.4. The molecule has 0 aromatic carbocycles. The highest BCUT2D eigenvalue weighted by Gasteiger charge is 2.49. The van der Waals surface area contributed by atoms with Gasteiger partial charge in [-0.1, -0.05) is 6.92 Å². The molecular weight excluding hydrogens is 246 g/mol. The lowest BCUT2D eigenvalue weighted by molar-refractivity contribution is -0.148. The summed E-state index contributed by atoms with van der Waals surface area (Å²) >= 11 is 0. The van der Waals surface area contributed by atoms with Crippen LogP contribution in [0.2, 0.25) is 0 Å². The predicted molar refractivity (Wildman–Crippen MR) is 70.8 cm³/mol. The van der Waals surface area contributed by atoms with Crippen LogP contribution in [0.15, 0.2) is 0 Å². The molecule has 108 valence electrons. The maximum absolute atomic E-state index is 12.5. The first kappa shape index (κ1) is 14.1. The van der Waals surface area contributed by atoms with Crippen LogP contribution in [-0.2, 0) is 4.79 Å². The highest BCUT2D eigenvalue weighted by atomic mass is 16.4. The van der Waals surface area contributed by atoms with Gasteiger partial charge in [-0.05, 0) is 32.1 Å². The van der Waals surface area contributed by atoms with Gasteiger partial charge in [0.05, 0.1) is 0 Å². The van der Waals surface area contributed by atoms with E-state index in [-0.39, 0.29) is 12.1 Å². The van der Waals surface area contributed by atoms with E-state index in [9.17, 15) is 14.7 Å². The van der Waals surface area contributed by atoms with E-state index in [1.165, 1.54) is 0 Å². The SMILES string of the molecule is CCC1(C(=O)O)CCCN1C(=O)N1CCC(N)CC1. The van der Waals surface area contributed by atoms with Gasteiger partial charge in [0, 0.05) is 25.7 Å². The van der Waals surface area contributed by atoms with E-state index >= 15 is 0 Å². The molecule has 2 amide bonds. The third-order valence-electron chi connectivity index (χ3n) is 4.51. The van der Waals surface area contributed by atoms with Crippen molar-refractivity contribution >= 4 is 12.0 Å². The van der Waals surface area contributed by atoms with Gasteiger partial charge in [0.25, 0.3) is 0 Å². The van der Waals surface area contributed by atoms with Crippen molar-refractivity contribution in [2.75, 3.05) is 19.6 Å². The van der Waals surface area contributed by atoms with Gasteiger partial charge < -0.3 is 20.6 Å². The third-order valence-corrected chi connectivity index (χ3v) is 4.51. The lowest BCUT2D eigenvalue weighted by Crippen LogP contribution is -2.58. The first-order valence-electron chi connectivity index (χ1n) is 7.07. The number of carbonyl (C=O) groups excluding carboxylic acids is 1. The molecule has 0 aromatic heterocycles. The topological polar surface area (TPSA) is 86.9 Å². The molecule has 0 spiro atoms. The standard InChI is InChI=1S/C13H23N3O3/c1-2-13(11(17)18)6-3-7-16(13)12(19)15-8-4-10(14)5-9-15/h10H,2-9,14H2,1H3,(H,17,18). The van der Waals surface area contributed by atoms with Crippen LogP contribution in [0.25, 0.3) is 0 Å². The Kier molecular flexibility index (Phi) is 3.99. The Balaban J connectivity index is 2.11.